The molecule has 2 saturated carbocycles. The van der Waals surface area contributed by atoms with E-state index in [1.165, 1.54) is 0 Å². The normalized spacial score (nSPS) is 26.7. The maximum atomic E-state index is 13.3. The van der Waals surface area contributed by atoms with Gasteiger partial charge in [0.15, 0.2) is 5.69 Å². The predicted octanol–water partition coefficient (Wildman–Crippen LogP) is 3.73. The summed E-state index contributed by atoms with van der Waals surface area (Å²) in [5.41, 5.74) is 2.34. The van der Waals surface area contributed by atoms with Gasteiger partial charge in [-0.2, -0.15) is 5.10 Å². The van der Waals surface area contributed by atoms with E-state index in [1.807, 2.05) is 0 Å². The van der Waals surface area contributed by atoms with E-state index in [2.05, 4.69) is 10.2 Å². The summed E-state index contributed by atoms with van der Waals surface area (Å²) in [6, 6.07) is 1.80. The molecular formula is C18H22F2N2O2. The Morgan fingerprint density at radius 1 is 1.17 bits per heavy atom. The molecule has 3 aliphatic carbocycles. The molecule has 4 rings (SSSR count). The Kier molecular flexibility index (Phi) is 3.81. The Bertz CT molecular complexity index is 652. The van der Waals surface area contributed by atoms with Gasteiger partial charge in [0.25, 0.3) is 0 Å². The van der Waals surface area contributed by atoms with E-state index in [4.69, 9.17) is 4.74 Å². The number of rotatable bonds is 3. The van der Waals surface area contributed by atoms with Crippen molar-refractivity contribution in [2.75, 3.05) is 6.61 Å². The third-order valence-corrected chi connectivity index (χ3v) is 6.03. The molecule has 0 aliphatic heterocycles. The van der Waals surface area contributed by atoms with Crippen LogP contribution in [0.25, 0.3) is 0 Å². The van der Waals surface area contributed by atoms with Crippen LogP contribution in [-0.2, 0) is 17.6 Å². The van der Waals surface area contributed by atoms with Crippen LogP contribution in [0.15, 0.2) is 6.07 Å². The molecule has 6 heteroatoms. The zero-order valence-corrected chi connectivity index (χ0v) is 13.7. The van der Waals surface area contributed by atoms with Crippen molar-refractivity contribution in [1.82, 2.24) is 10.2 Å². The lowest BCUT2D eigenvalue weighted by Gasteiger charge is -2.29. The third-order valence-electron chi connectivity index (χ3n) is 6.03. The topological polar surface area (TPSA) is 52.1 Å². The van der Waals surface area contributed by atoms with Crippen LogP contribution in [0.5, 0.6) is 0 Å². The third kappa shape index (κ3) is 3.03. The predicted molar refractivity (Wildman–Crippen MR) is 82.9 cm³/mol. The number of carbonyl (C=O) groups is 1. The van der Waals surface area contributed by atoms with Gasteiger partial charge in [0.2, 0.25) is 5.92 Å². The molecular weight excluding hydrogens is 314 g/mol. The fourth-order valence-corrected chi connectivity index (χ4v) is 4.23. The Morgan fingerprint density at radius 3 is 2.71 bits per heavy atom. The molecule has 130 valence electrons. The lowest BCUT2D eigenvalue weighted by molar-refractivity contribution is -0.0531. The Hall–Kier alpha value is -1.59. The van der Waals surface area contributed by atoms with Crippen LogP contribution in [0, 0.1) is 11.3 Å². The van der Waals surface area contributed by atoms with Gasteiger partial charge in [0, 0.05) is 12.8 Å². The van der Waals surface area contributed by atoms with Crippen LogP contribution in [-0.4, -0.2) is 28.7 Å². The molecule has 1 unspecified atom stereocenters. The molecule has 0 aromatic carbocycles. The van der Waals surface area contributed by atoms with Crippen LogP contribution in [0.3, 0.4) is 0 Å². The molecule has 0 radical (unpaired) electrons. The molecule has 0 amide bonds. The summed E-state index contributed by atoms with van der Waals surface area (Å²) in [6.45, 7) is 0.309. The quantitative estimate of drug-likeness (QED) is 0.789. The first-order chi connectivity index (χ1) is 11.5. The number of aromatic nitrogens is 2. The minimum absolute atomic E-state index is 0.0104. The van der Waals surface area contributed by atoms with E-state index >= 15 is 0 Å². The Morgan fingerprint density at radius 2 is 1.92 bits per heavy atom. The average Bonchev–Trinajstić information content (AvgIpc) is 3.28. The molecule has 0 bridgehead atoms. The molecule has 1 aromatic rings. The van der Waals surface area contributed by atoms with Crippen molar-refractivity contribution in [2.24, 2.45) is 11.3 Å². The first-order valence-corrected chi connectivity index (χ1v) is 8.88. The number of hydrogen-bond acceptors (Lipinski definition) is 4. The van der Waals surface area contributed by atoms with Gasteiger partial charge in [-0.05, 0) is 67.9 Å². The van der Waals surface area contributed by atoms with Crippen LogP contribution in [0.4, 0.5) is 8.78 Å². The maximum Gasteiger partial charge on any atom is 0.358 e. The van der Waals surface area contributed by atoms with Gasteiger partial charge in [-0.1, -0.05) is 0 Å². The number of aryl methyl sites for hydroxylation is 2. The number of carbonyl (C=O) groups excluding carboxylic acids is 1. The minimum atomic E-state index is -2.51. The van der Waals surface area contributed by atoms with E-state index in [0.717, 1.165) is 43.4 Å². The zero-order valence-electron chi connectivity index (χ0n) is 13.7. The summed E-state index contributed by atoms with van der Waals surface area (Å²) in [6.07, 6.45) is 6.00. The van der Waals surface area contributed by atoms with Crippen LogP contribution < -0.4 is 0 Å². The van der Waals surface area contributed by atoms with Crippen molar-refractivity contribution in [2.45, 2.75) is 63.7 Å². The van der Waals surface area contributed by atoms with E-state index in [-0.39, 0.29) is 29.9 Å². The maximum absolute atomic E-state index is 13.3. The average molecular weight is 336 g/mol. The summed E-state index contributed by atoms with van der Waals surface area (Å²) in [5.74, 6) is -2.73. The molecule has 1 aromatic heterocycles. The highest BCUT2D eigenvalue weighted by molar-refractivity contribution is 5.87. The van der Waals surface area contributed by atoms with Crippen molar-refractivity contribution in [3.8, 4) is 0 Å². The van der Waals surface area contributed by atoms with Gasteiger partial charge >= 0.3 is 5.97 Å². The molecule has 0 saturated heterocycles. The molecule has 1 spiro atoms. The minimum Gasteiger partial charge on any atom is -0.461 e. The molecule has 1 atom stereocenters. The fraction of sp³-hybridized carbons (Fsp3) is 0.722. The van der Waals surface area contributed by atoms with Gasteiger partial charge in [-0.25, -0.2) is 13.6 Å². The molecule has 24 heavy (non-hydrogen) atoms. The number of hydrogen-bond donors (Lipinski definition) is 0. The van der Waals surface area contributed by atoms with Crippen LogP contribution >= 0.6 is 0 Å². The summed E-state index contributed by atoms with van der Waals surface area (Å²) < 4.78 is 31.9. The van der Waals surface area contributed by atoms with Crippen molar-refractivity contribution in [3.05, 3.63) is 23.0 Å². The smallest absolute Gasteiger partial charge is 0.358 e. The van der Waals surface area contributed by atoms with Crippen LogP contribution in [0.2, 0.25) is 0 Å². The standard InChI is InChI=1S/C18H22F2N2O2/c19-18(20)7-5-17(6-8-18)10-13(17)11-24-16(23)15-9-12-3-1-2-4-14(12)21-22-15/h9,13H,1-8,10-11H2. The lowest BCUT2D eigenvalue weighted by atomic mass is 9.82. The van der Waals surface area contributed by atoms with Crippen molar-refractivity contribution >= 4 is 5.97 Å². The molecule has 4 nitrogen and oxygen atoms in total. The van der Waals surface area contributed by atoms with E-state index in [1.54, 1.807) is 6.07 Å². The van der Waals surface area contributed by atoms with Crippen molar-refractivity contribution in [3.63, 3.8) is 0 Å². The highest BCUT2D eigenvalue weighted by atomic mass is 19.3. The van der Waals surface area contributed by atoms with E-state index in [9.17, 15) is 13.6 Å². The molecule has 2 fully saturated rings. The fourth-order valence-electron chi connectivity index (χ4n) is 4.23. The zero-order chi connectivity index (χ0) is 16.8. The van der Waals surface area contributed by atoms with Crippen LogP contribution in [0.1, 0.15) is 66.7 Å². The van der Waals surface area contributed by atoms with Gasteiger partial charge in [-0.15, -0.1) is 5.10 Å². The molecule has 0 N–H and O–H groups in total. The second-order valence-corrected chi connectivity index (χ2v) is 7.63. The first kappa shape index (κ1) is 15.9. The Balaban J connectivity index is 1.32. The first-order valence-electron chi connectivity index (χ1n) is 8.88. The van der Waals surface area contributed by atoms with Gasteiger partial charge in [0.1, 0.15) is 0 Å². The second kappa shape index (κ2) is 5.74. The lowest BCUT2D eigenvalue weighted by Crippen LogP contribution is -2.27. The molecule has 1 heterocycles. The summed E-state index contributed by atoms with van der Waals surface area (Å²) >= 11 is 0. The number of nitrogens with zero attached hydrogens (tertiary/aromatic N) is 2. The van der Waals surface area contributed by atoms with E-state index < -0.39 is 11.9 Å². The Labute approximate surface area is 140 Å². The second-order valence-electron chi connectivity index (χ2n) is 7.63. The van der Waals surface area contributed by atoms with Gasteiger partial charge in [0.05, 0.1) is 12.3 Å². The summed E-state index contributed by atoms with van der Waals surface area (Å²) in [4.78, 5) is 12.2. The van der Waals surface area contributed by atoms with Gasteiger partial charge < -0.3 is 4.74 Å². The number of esters is 1. The molecule has 3 aliphatic rings. The van der Waals surface area contributed by atoms with E-state index in [0.29, 0.717) is 19.4 Å². The highest BCUT2D eigenvalue weighted by Crippen LogP contribution is 2.63. The largest absolute Gasteiger partial charge is 0.461 e. The SMILES string of the molecule is O=C(OCC1CC12CCC(F)(F)CC2)c1cc2c(nn1)CCCC2. The van der Waals surface area contributed by atoms with Crippen molar-refractivity contribution < 1.29 is 18.3 Å². The monoisotopic (exact) mass is 336 g/mol. The number of alkyl halides is 2. The highest BCUT2D eigenvalue weighted by Gasteiger charge is 2.58. The summed E-state index contributed by atoms with van der Waals surface area (Å²) in [7, 11) is 0. The van der Waals surface area contributed by atoms with Gasteiger partial charge in [-0.3, -0.25) is 0 Å². The number of ether oxygens (including phenoxy) is 1. The van der Waals surface area contributed by atoms with Crippen molar-refractivity contribution in [1.29, 1.82) is 0 Å². The summed E-state index contributed by atoms with van der Waals surface area (Å²) in [5, 5.41) is 8.14. The number of fused-ring (bicyclic) bond motifs is 1. The number of halogens is 2.